The summed E-state index contributed by atoms with van der Waals surface area (Å²) in [6, 6.07) is 7.29. The molecule has 2 aliphatic heterocycles. The average molecular weight is 492 g/mol. The van der Waals surface area contributed by atoms with Crippen molar-refractivity contribution in [1.29, 1.82) is 5.41 Å². The highest BCUT2D eigenvalue weighted by Crippen LogP contribution is 2.27. The number of hydrogen-bond donors (Lipinski definition) is 4. The van der Waals surface area contributed by atoms with Gasteiger partial charge in [-0.05, 0) is 42.2 Å². The number of nitrogens with one attached hydrogen (secondary N) is 3. The lowest BCUT2D eigenvalue weighted by Crippen LogP contribution is -2.49. The smallest absolute Gasteiger partial charge is 0.319 e. The lowest BCUT2D eigenvalue weighted by molar-refractivity contribution is -0.140. The van der Waals surface area contributed by atoms with E-state index in [1.54, 1.807) is 25.2 Å². The van der Waals surface area contributed by atoms with Gasteiger partial charge < -0.3 is 30.8 Å². The van der Waals surface area contributed by atoms with Gasteiger partial charge in [0.1, 0.15) is 6.04 Å². The zero-order valence-electron chi connectivity index (χ0n) is 19.7. The normalized spacial score (nSPS) is 18.6. The molecule has 1 saturated heterocycles. The summed E-state index contributed by atoms with van der Waals surface area (Å²) in [5, 5.41) is 22.8. The molecular weight excluding hydrogens is 465 g/mol. The maximum absolute atomic E-state index is 13.8. The highest BCUT2D eigenvalue weighted by molar-refractivity contribution is 6.00. The number of urea groups is 1. The first kappa shape index (κ1) is 25.0. The summed E-state index contributed by atoms with van der Waals surface area (Å²) in [6.07, 6.45) is 4.70. The topological polar surface area (TPSA) is 128 Å². The number of aliphatic hydroxyl groups is 1. The fourth-order valence-electron chi connectivity index (χ4n) is 3.90. The van der Waals surface area contributed by atoms with Gasteiger partial charge in [-0.3, -0.25) is 4.79 Å². The van der Waals surface area contributed by atoms with Crippen molar-refractivity contribution in [2.45, 2.75) is 30.9 Å². The molecule has 4 N–H and O–H groups in total. The van der Waals surface area contributed by atoms with Crippen molar-refractivity contribution in [3.05, 3.63) is 70.9 Å². The Bertz CT molecular complexity index is 1280. The summed E-state index contributed by atoms with van der Waals surface area (Å²) in [4.78, 5) is 30.7. The van der Waals surface area contributed by atoms with Crippen molar-refractivity contribution in [3.8, 4) is 11.8 Å². The number of allylic oxidation sites excluding steroid dienone is 1. The molecule has 2 aliphatic rings. The Morgan fingerprint density at radius 1 is 1.42 bits per heavy atom. The highest BCUT2D eigenvalue weighted by atomic mass is 19.1. The summed E-state index contributed by atoms with van der Waals surface area (Å²) < 4.78 is 18.8. The number of carbonyl (C=O) groups is 2. The SMILES string of the molecule is CN1C(=O)[C@H](NC(=O)N/C=C(\C=N)Cc2cccnc2F)CCc2ccc(C#CC3(O)COC3)cc21. The van der Waals surface area contributed by atoms with Crippen molar-refractivity contribution in [2.24, 2.45) is 0 Å². The minimum atomic E-state index is -1.13. The van der Waals surface area contributed by atoms with E-state index >= 15 is 0 Å². The first-order valence-corrected chi connectivity index (χ1v) is 11.4. The fourth-order valence-corrected chi connectivity index (χ4v) is 3.90. The molecule has 9 nitrogen and oxygen atoms in total. The van der Waals surface area contributed by atoms with E-state index < -0.39 is 23.6 Å². The number of hydrogen-bond acceptors (Lipinski definition) is 6. The van der Waals surface area contributed by atoms with E-state index in [2.05, 4.69) is 27.5 Å². The van der Waals surface area contributed by atoms with E-state index in [1.807, 2.05) is 12.1 Å². The van der Waals surface area contributed by atoms with Crippen LogP contribution >= 0.6 is 0 Å². The quantitative estimate of drug-likeness (QED) is 0.288. The zero-order chi connectivity index (χ0) is 25.7. The molecule has 2 aromatic rings. The van der Waals surface area contributed by atoms with E-state index in [-0.39, 0.29) is 25.5 Å². The Morgan fingerprint density at radius 2 is 2.22 bits per heavy atom. The number of fused-ring (bicyclic) bond motifs is 1. The molecule has 1 atom stereocenters. The molecule has 36 heavy (non-hydrogen) atoms. The standard InChI is InChI=1S/C26H26FN5O4/c1-32-22-12-17(8-9-26(35)15-36-16-26)4-5-19(22)6-7-21(24(32)33)31-25(34)30-14-18(13-28)11-20-3-2-10-29-23(20)27/h2-5,10,12-14,21,28,35H,6-7,11,15-16H2,1H3,(H2,30,31,34)/b18-14-,28-13?/t21-/m1/s1. The Labute approximate surface area is 207 Å². The molecule has 0 saturated carbocycles. The third kappa shape index (κ3) is 5.76. The van der Waals surface area contributed by atoms with Gasteiger partial charge in [0.15, 0.2) is 5.60 Å². The molecule has 0 aliphatic carbocycles. The Kier molecular flexibility index (Phi) is 7.43. The predicted octanol–water partition coefficient (Wildman–Crippen LogP) is 1.69. The zero-order valence-corrected chi connectivity index (χ0v) is 19.7. The average Bonchev–Trinajstić information content (AvgIpc) is 2.97. The van der Waals surface area contributed by atoms with Gasteiger partial charge in [-0.15, -0.1) is 0 Å². The maximum atomic E-state index is 13.8. The molecule has 0 spiro atoms. The molecular formula is C26H26FN5O4. The number of pyridine rings is 1. The van der Waals surface area contributed by atoms with Crippen LogP contribution in [0, 0.1) is 23.2 Å². The van der Waals surface area contributed by atoms with Gasteiger partial charge in [-0.1, -0.05) is 24.0 Å². The predicted molar refractivity (Wildman–Crippen MR) is 131 cm³/mol. The van der Waals surface area contributed by atoms with Gasteiger partial charge in [-0.2, -0.15) is 4.39 Å². The number of anilines is 1. The van der Waals surface area contributed by atoms with Gasteiger partial charge in [-0.25, -0.2) is 9.78 Å². The van der Waals surface area contributed by atoms with Crippen molar-refractivity contribution in [1.82, 2.24) is 15.6 Å². The maximum Gasteiger partial charge on any atom is 0.319 e. The van der Waals surface area contributed by atoms with E-state index in [4.69, 9.17) is 10.1 Å². The van der Waals surface area contributed by atoms with Gasteiger partial charge in [0.25, 0.3) is 0 Å². The Balaban J connectivity index is 1.40. The molecule has 186 valence electrons. The van der Waals surface area contributed by atoms with Crippen LogP contribution in [0.3, 0.4) is 0 Å². The number of ether oxygens (including phenoxy) is 1. The number of benzene rings is 1. The minimum absolute atomic E-state index is 0.0828. The van der Waals surface area contributed by atoms with Gasteiger partial charge >= 0.3 is 6.03 Å². The number of likely N-dealkylation sites (N-methyl/N-ethyl adjacent to an activating group) is 1. The Morgan fingerprint density at radius 3 is 2.92 bits per heavy atom. The molecule has 1 aromatic heterocycles. The van der Waals surface area contributed by atoms with Crippen LogP contribution in [0.25, 0.3) is 0 Å². The van der Waals surface area contributed by atoms with Crippen molar-refractivity contribution < 1.29 is 23.8 Å². The van der Waals surface area contributed by atoms with Crippen molar-refractivity contribution in [2.75, 3.05) is 25.2 Å². The highest BCUT2D eigenvalue weighted by Gasteiger charge is 2.34. The second kappa shape index (κ2) is 10.7. The molecule has 1 fully saturated rings. The third-order valence-corrected chi connectivity index (χ3v) is 6.01. The number of aryl methyl sites for hydroxylation is 1. The molecule has 0 radical (unpaired) electrons. The van der Waals surface area contributed by atoms with Gasteiger partial charge in [0.05, 0.1) is 13.2 Å². The monoisotopic (exact) mass is 491 g/mol. The van der Waals surface area contributed by atoms with Crippen LogP contribution < -0.4 is 15.5 Å². The lowest BCUT2D eigenvalue weighted by atomic mass is 10.0. The second-order valence-electron chi connectivity index (χ2n) is 8.72. The molecule has 3 amide bonds. The number of rotatable bonds is 5. The summed E-state index contributed by atoms with van der Waals surface area (Å²) >= 11 is 0. The molecule has 0 bridgehead atoms. The number of aromatic nitrogens is 1. The first-order chi connectivity index (χ1) is 17.3. The second-order valence-corrected chi connectivity index (χ2v) is 8.72. The lowest BCUT2D eigenvalue weighted by Gasteiger charge is -2.30. The van der Waals surface area contributed by atoms with Crippen molar-refractivity contribution in [3.63, 3.8) is 0 Å². The summed E-state index contributed by atoms with van der Waals surface area (Å²) in [7, 11) is 1.64. The number of nitrogens with zero attached hydrogens (tertiary/aromatic N) is 2. The van der Waals surface area contributed by atoms with Crippen molar-refractivity contribution >= 4 is 23.8 Å². The molecule has 4 rings (SSSR count). The number of carbonyl (C=O) groups excluding carboxylic acids is 2. The van der Waals surface area contributed by atoms with Crippen LogP contribution in [-0.4, -0.2) is 60.1 Å². The summed E-state index contributed by atoms with van der Waals surface area (Å²) in [5.74, 6) is 4.83. The molecule has 10 heteroatoms. The molecule has 1 aromatic carbocycles. The molecule has 0 unspecified atom stereocenters. The van der Waals surface area contributed by atoms with E-state index in [9.17, 15) is 19.1 Å². The van der Waals surface area contributed by atoms with Crippen LogP contribution in [0.2, 0.25) is 0 Å². The van der Waals surface area contributed by atoms with Gasteiger partial charge in [0.2, 0.25) is 11.9 Å². The largest absolute Gasteiger partial charge is 0.373 e. The number of amides is 3. The van der Waals surface area contributed by atoms with Crippen LogP contribution in [0.5, 0.6) is 0 Å². The van der Waals surface area contributed by atoms with Crippen LogP contribution in [0.4, 0.5) is 14.9 Å². The summed E-state index contributed by atoms with van der Waals surface area (Å²) in [5.41, 5.74) is 1.82. The molecule has 3 heterocycles. The van der Waals surface area contributed by atoms with Gasteiger partial charge in [0, 0.05) is 48.9 Å². The first-order valence-electron chi connectivity index (χ1n) is 11.4. The third-order valence-electron chi connectivity index (χ3n) is 6.01. The van der Waals surface area contributed by atoms with E-state index in [0.717, 1.165) is 11.8 Å². The Hall–Kier alpha value is -4.07. The van der Waals surface area contributed by atoms with Crippen LogP contribution in [0.1, 0.15) is 23.1 Å². The number of halogens is 1. The van der Waals surface area contributed by atoms with Crippen LogP contribution in [0.15, 0.2) is 48.3 Å². The van der Waals surface area contributed by atoms with Crippen LogP contribution in [-0.2, 0) is 22.4 Å². The fraction of sp³-hybridized carbons (Fsp3) is 0.308. The minimum Gasteiger partial charge on any atom is -0.373 e. The van der Waals surface area contributed by atoms with E-state index in [1.165, 1.54) is 17.3 Å². The summed E-state index contributed by atoms with van der Waals surface area (Å²) in [6.45, 7) is 0.352. The van der Waals surface area contributed by atoms with E-state index in [0.29, 0.717) is 35.2 Å².